The van der Waals surface area contributed by atoms with E-state index in [0.717, 1.165) is 12.8 Å². The topological polar surface area (TPSA) is 26.3 Å². The Morgan fingerprint density at radius 3 is 2.41 bits per heavy atom. The summed E-state index contributed by atoms with van der Waals surface area (Å²) < 4.78 is 41.0. The standard InChI is InChI=1S/C12H17F3O2/c1-8-4-6-9(7-5-8)11(2,3)17-10(16)12(13,14)15/h4,9H,5-7H2,1-3H3/t9-/m1/s1. The van der Waals surface area contributed by atoms with Crippen LogP contribution in [0.4, 0.5) is 13.2 Å². The Bertz CT molecular complexity index is 329. The number of allylic oxidation sites excluding steroid dienone is 2. The molecule has 0 amide bonds. The van der Waals surface area contributed by atoms with Gasteiger partial charge in [-0.1, -0.05) is 11.6 Å². The number of halogens is 3. The van der Waals surface area contributed by atoms with Gasteiger partial charge < -0.3 is 4.74 Å². The molecule has 0 aromatic rings. The van der Waals surface area contributed by atoms with Gasteiger partial charge in [-0.25, -0.2) is 4.79 Å². The summed E-state index contributed by atoms with van der Waals surface area (Å²) in [7, 11) is 0. The minimum Gasteiger partial charge on any atom is -0.453 e. The zero-order valence-corrected chi connectivity index (χ0v) is 10.2. The van der Waals surface area contributed by atoms with Crippen molar-refractivity contribution in [2.75, 3.05) is 0 Å². The molecule has 0 spiro atoms. The highest BCUT2D eigenvalue weighted by Gasteiger charge is 2.45. The largest absolute Gasteiger partial charge is 0.490 e. The third-order valence-electron chi connectivity index (χ3n) is 3.21. The molecule has 0 bridgehead atoms. The summed E-state index contributed by atoms with van der Waals surface area (Å²) in [6.45, 7) is 5.07. The summed E-state index contributed by atoms with van der Waals surface area (Å²) >= 11 is 0. The van der Waals surface area contributed by atoms with Crippen LogP contribution in [0, 0.1) is 5.92 Å². The van der Waals surface area contributed by atoms with Crippen molar-refractivity contribution in [3.63, 3.8) is 0 Å². The summed E-state index contributed by atoms with van der Waals surface area (Å²) in [6.07, 6.45) is -0.670. The second-order valence-electron chi connectivity index (χ2n) is 5.01. The maximum atomic E-state index is 12.1. The van der Waals surface area contributed by atoms with E-state index in [4.69, 9.17) is 0 Å². The first kappa shape index (κ1) is 14.1. The van der Waals surface area contributed by atoms with E-state index in [9.17, 15) is 18.0 Å². The van der Waals surface area contributed by atoms with Crippen molar-refractivity contribution in [2.45, 2.75) is 51.8 Å². The van der Waals surface area contributed by atoms with Crippen LogP contribution in [0.3, 0.4) is 0 Å². The molecule has 0 saturated heterocycles. The van der Waals surface area contributed by atoms with Crippen molar-refractivity contribution in [1.29, 1.82) is 0 Å². The van der Waals surface area contributed by atoms with Gasteiger partial charge in [0.05, 0.1) is 0 Å². The Morgan fingerprint density at radius 1 is 1.41 bits per heavy atom. The van der Waals surface area contributed by atoms with Crippen molar-refractivity contribution in [1.82, 2.24) is 0 Å². The van der Waals surface area contributed by atoms with Gasteiger partial charge in [0.2, 0.25) is 0 Å². The molecule has 2 nitrogen and oxygen atoms in total. The van der Waals surface area contributed by atoms with Gasteiger partial charge in [-0.15, -0.1) is 0 Å². The quantitative estimate of drug-likeness (QED) is 0.552. The highest BCUT2D eigenvalue weighted by Crippen LogP contribution is 2.35. The number of carbonyl (C=O) groups excluding carboxylic acids is 1. The molecule has 1 atom stereocenters. The fourth-order valence-electron chi connectivity index (χ4n) is 1.98. The number of hydrogen-bond donors (Lipinski definition) is 0. The van der Waals surface area contributed by atoms with Crippen LogP contribution < -0.4 is 0 Å². The fraction of sp³-hybridized carbons (Fsp3) is 0.750. The lowest BCUT2D eigenvalue weighted by molar-refractivity contribution is -0.215. The first-order chi connectivity index (χ1) is 7.63. The molecule has 0 aliphatic heterocycles. The molecule has 17 heavy (non-hydrogen) atoms. The predicted molar refractivity (Wildman–Crippen MR) is 57.3 cm³/mol. The van der Waals surface area contributed by atoms with Crippen LogP contribution in [0.2, 0.25) is 0 Å². The molecule has 98 valence electrons. The van der Waals surface area contributed by atoms with Gasteiger partial charge >= 0.3 is 12.1 Å². The van der Waals surface area contributed by atoms with Crippen LogP contribution in [0.25, 0.3) is 0 Å². The van der Waals surface area contributed by atoms with Crippen LogP contribution in [0.1, 0.15) is 40.0 Å². The third-order valence-corrected chi connectivity index (χ3v) is 3.21. The molecular weight excluding hydrogens is 233 g/mol. The van der Waals surface area contributed by atoms with E-state index in [0.29, 0.717) is 6.42 Å². The molecule has 1 aliphatic carbocycles. The molecule has 5 heteroatoms. The Kier molecular flexibility index (Phi) is 3.89. The average Bonchev–Trinajstić information content (AvgIpc) is 2.16. The van der Waals surface area contributed by atoms with Crippen molar-refractivity contribution in [2.24, 2.45) is 5.92 Å². The molecule has 0 aromatic carbocycles. The number of ether oxygens (including phenoxy) is 1. The second kappa shape index (κ2) is 4.70. The maximum absolute atomic E-state index is 12.1. The average molecular weight is 250 g/mol. The number of hydrogen-bond acceptors (Lipinski definition) is 2. The molecule has 0 unspecified atom stereocenters. The zero-order chi connectivity index (χ0) is 13.3. The highest BCUT2D eigenvalue weighted by atomic mass is 19.4. The molecule has 0 radical (unpaired) electrons. The second-order valence-corrected chi connectivity index (χ2v) is 5.01. The molecule has 0 N–H and O–H groups in total. The van der Waals surface area contributed by atoms with Crippen LogP contribution in [-0.2, 0) is 9.53 Å². The maximum Gasteiger partial charge on any atom is 0.490 e. The summed E-state index contributed by atoms with van der Waals surface area (Å²) in [4.78, 5) is 10.8. The Labute approximate surface area is 98.8 Å². The zero-order valence-electron chi connectivity index (χ0n) is 10.2. The summed E-state index contributed by atoms with van der Waals surface area (Å²) in [6, 6.07) is 0. The lowest BCUT2D eigenvalue weighted by atomic mass is 9.79. The van der Waals surface area contributed by atoms with E-state index in [1.54, 1.807) is 0 Å². The lowest BCUT2D eigenvalue weighted by Gasteiger charge is -2.35. The van der Waals surface area contributed by atoms with Crippen LogP contribution >= 0.6 is 0 Å². The minimum absolute atomic E-state index is 0.0579. The SMILES string of the molecule is CC1=CC[C@@H](C(C)(C)OC(=O)C(F)(F)F)CC1. The van der Waals surface area contributed by atoms with E-state index in [2.05, 4.69) is 4.74 Å². The lowest BCUT2D eigenvalue weighted by Crippen LogP contribution is -2.41. The fourth-order valence-corrected chi connectivity index (χ4v) is 1.98. The normalized spacial score (nSPS) is 22.0. The van der Waals surface area contributed by atoms with Crippen molar-refractivity contribution >= 4 is 5.97 Å². The van der Waals surface area contributed by atoms with Crippen LogP contribution in [0.15, 0.2) is 11.6 Å². The summed E-state index contributed by atoms with van der Waals surface area (Å²) in [5.74, 6) is -2.16. The summed E-state index contributed by atoms with van der Waals surface area (Å²) in [5.41, 5.74) is 0.156. The number of alkyl halides is 3. The van der Waals surface area contributed by atoms with Gasteiger partial charge in [-0.3, -0.25) is 0 Å². The molecule has 0 fully saturated rings. The van der Waals surface area contributed by atoms with Crippen molar-refractivity contribution in [3.8, 4) is 0 Å². The number of carbonyl (C=O) groups is 1. The third kappa shape index (κ3) is 3.75. The molecule has 0 heterocycles. The number of esters is 1. The van der Waals surface area contributed by atoms with Crippen LogP contribution in [0.5, 0.6) is 0 Å². The first-order valence-corrected chi connectivity index (χ1v) is 5.58. The Balaban J connectivity index is 2.66. The summed E-state index contributed by atoms with van der Waals surface area (Å²) in [5, 5.41) is 0. The van der Waals surface area contributed by atoms with Crippen LogP contribution in [-0.4, -0.2) is 17.7 Å². The van der Waals surface area contributed by atoms with Gasteiger partial charge in [-0.05, 0) is 40.0 Å². The monoisotopic (exact) mass is 250 g/mol. The van der Waals surface area contributed by atoms with E-state index >= 15 is 0 Å². The Morgan fingerprint density at radius 2 is 2.00 bits per heavy atom. The molecular formula is C12H17F3O2. The molecule has 0 aromatic heterocycles. The van der Waals surface area contributed by atoms with Gasteiger partial charge in [-0.2, -0.15) is 13.2 Å². The van der Waals surface area contributed by atoms with Gasteiger partial charge in [0, 0.05) is 5.92 Å². The first-order valence-electron chi connectivity index (χ1n) is 5.58. The van der Waals surface area contributed by atoms with E-state index in [1.165, 1.54) is 19.4 Å². The van der Waals surface area contributed by atoms with E-state index in [1.807, 2.05) is 13.0 Å². The van der Waals surface area contributed by atoms with Crippen molar-refractivity contribution in [3.05, 3.63) is 11.6 Å². The molecule has 0 saturated carbocycles. The smallest absolute Gasteiger partial charge is 0.453 e. The van der Waals surface area contributed by atoms with Crippen molar-refractivity contribution < 1.29 is 22.7 Å². The van der Waals surface area contributed by atoms with E-state index < -0.39 is 17.7 Å². The minimum atomic E-state index is -4.92. The Hall–Kier alpha value is -1.00. The van der Waals surface area contributed by atoms with Gasteiger partial charge in [0.15, 0.2) is 0 Å². The van der Waals surface area contributed by atoms with Gasteiger partial charge in [0.1, 0.15) is 5.60 Å². The van der Waals surface area contributed by atoms with E-state index in [-0.39, 0.29) is 5.92 Å². The number of rotatable bonds is 2. The highest BCUT2D eigenvalue weighted by molar-refractivity contribution is 5.76. The predicted octanol–water partition coefficient (Wildman–Crippen LogP) is 3.62. The molecule has 1 aliphatic rings. The van der Waals surface area contributed by atoms with Gasteiger partial charge in [0.25, 0.3) is 0 Å². The molecule has 1 rings (SSSR count).